The maximum Gasteiger partial charge on any atom is 0.257 e. The molecule has 7 heteroatoms. The fourth-order valence-corrected chi connectivity index (χ4v) is 4.04. The highest BCUT2D eigenvalue weighted by Crippen LogP contribution is 2.35. The molecule has 1 saturated carbocycles. The molecule has 3 rings (SSSR count). The van der Waals surface area contributed by atoms with Crippen molar-refractivity contribution in [3.05, 3.63) is 54.1 Å². The first-order valence-electron chi connectivity index (χ1n) is 10.8. The largest absolute Gasteiger partial charge is 0.336 e. The van der Waals surface area contributed by atoms with Crippen molar-refractivity contribution in [1.29, 1.82) is 5.26 Å². The first-order chi connectivity index (χ1) is 15.3. The summed E-state index contributed by atoms with van der Waals surface area (Å²) in [6.45, 7) is 3.88. The molecule has 1 amide bonds. The highest BCUT2D eigenvalue weighted by atomic mass is 32.2. The number of alkyl halides is 2. The van der Waals surface area contributed by atoms with E-state index >= 15 is 0 Å². The molecule has 170 valence electrons. The van der Waals surface area contributed by atoms with Crippen LogP contribution in [-0.4, -0.2) is 30.2 Å². The maximum absolute atomic E-state index is 14.0. The summed E-state index contributed by atoms with van der Waals surface area (Å²) in [5.74, 6) is -0.269. The Morgan fingerprint density at radius 3 is 2.09 bits per heavy atom. The minimum absolute atomic E-state index is 0.125. The molecule has 0 heterocycles. The van der Waals surface area contributed by atoms with Crippen molar-refractivity contribution in [2.24, 2.45) is 5.92 Å². The number of thioether (sulfide) groups is 1. The summed E-state index contributed by atoms with van der Waals surface area (Å²) in [5, 5.41) is 14.9. The molecule has 0 saturated heterocycles. The molecule has 0 spiro atoms. The second-order valence-electron chi connectivity index (χ2n) is 8.69. The molecule has 2 aromatic rings. The Balaban J connectivity index is 1.77. The van der Waals surface area contributed by atoms with Gasteiger partial charge in [-0.2, -0.15) is 5.26 Å². The zero-order valence-corrected chi connectivity index (χ0v) is 19.4. The number of benzene rings is 2. The number of carbonyl (C=O) groups excluding carboxylic acids is 1. The maximum atomic E-state index is 14.0. The van der Waals surface area contributed by atoms with E-state index < -0.39 is 30.0 Å². The molecular formula is C25H29F2N3OS. The van der Waals surface area contributed by atoms with Gasteiger partial charge in [-0.25, -0.2) is 8.78 Å². The average molecular weight is 458 g/mol. The van der Waals surface area contributed by atoms with Gasteiger partial charge in [0.05, 0.1) is 18.2 Å². The van der Waals surface area contributed by atoms with E-state index in [0.29, 0.717) is 24.8 Å². The number of hydrogen-bond acceptors (Lipinski definition) is 4. The van der Waals surface area contributed by atoms with Crippen LogP contribution in [0, 0.1) is 17.2 Å². The van der Waals surface area contributed by atoms with Crippen LogP contribution < -0.4 is 10.6 Å². The van der Waals surface area contributed by atoms with E-state index in [-0.39, 0.29) is 5.92 Å². The average Bonchev–Trinajstić information content (AvgIpc) is 3.56. The van der Waals surface area contributed by atoms with Crippen LogP contribution in [0.25, 0.3) is 11.1 Å². The second kappa shape index (κ2) is 10.5. The van der Waals surface area contributed by atoms with Gasteiger partial charge in [0.2, 0.25) is 5.91 Å². The summed E-state index contributed by atoms with van der Waals surface area (Å²) in [5.41, 5.74) is 1.55. The Morgan fingerprint density at radius 1 is 1.09 bits per heavy atom. The summed E-state index contributed by atoms with van der Waals surface area (Å²) < 4.78 is 28.0. The van der Waals surface area contributed by atoms with Crippen LogP contribution in [0.3, 0.4) is 0 Å². The molecule has 0 aromatic heterocycles. The van der Waals surface area contributed by atoms with E-state index in [2.05, 4.69) is 16.7 Å². The summed E-state index contributed by atoms with van der Waals surface area (Å²) >= 11 is 1.66. The Morgan fingerprint density at radius 2 is 1.66 bits per heavy atom. The van der Waals surface area contributed by atoms with Gasteiger partial charge in [0.15, 0.2) is 0 Å². The second-order valence-corrected chi connectivity index (χ2v) is 9.57. The molecule has 1 aliphatic rings. The summed E-state index contributed by atoms with van der Waals surface area (Å²) in [6, 6.07) is 15.1. The molecule has 2 aromatic carbocycles. The lowest BCUT2D eigenvalue weighted by atomic mass is 9.98. The number of rotatable bonds is 10. The summed E-state index contributed by atoms with van der Waals surface area (Å²) in [6.07, 6.45) is 0.924. The third kappa shape index (κ3) is 6.08. The third-order valence-electron chi connectivity index (χ3n) is 5.68. The van der Waals surface area contributed by atoms with Gasteiger partial charge < -0.3 is 5.32 Å². The third-order valence-corrected chi connectivity index (χ3v) is 6.42. The van der Waals surface area contributed by atoms with Crippen molar-refractivity contribution in [2.75, 3.05) is 6.26 Å². The van der Waals surface area contributed by atoms with Crippen molar-refractivity contribution in [1.82, 2.24) is 10.6 Å². The number of carbonyl (C=O) groups is 1. The van der Waals surface area contributed by atoms with E-state index in [1.807, 2.05) is 56.5 Å². The van der Waals surface area contributed by atoms with Crippen molar-refractivity contribution in [2.45, 2.75) is 62.1 Å². The molecule has 0 aliphatic heterocycles. The van der Waals surface area contributed by atoms with Gasteiger partial charge in [0.1, 0.15) is 5.54 Å². The van der Waals surface area contributed by atoms with Crippen molar-refractivity contribution in [3.63, 3.8) is 0 Å². The van der Waals surface area contributed by atoms with Gasteiger partial charge in [-0.15, -0.1) is 11.8 Å². The van der Waals surface area contributed by atoms with Crippen LogP contribution in [0.4, 0.5) is 8.78 Å². The van der Waals surface area contributed by atoms with Crippen LogP contribution in [-0.2, 0) is 4.79 Å². The molecule has 0 unspecified atom stereocenters. The van der Waals surface area contributed by atoms with Gasteiger partial charge in [-0.05, 0) is 60.3 Å². The first-order valence-corrected chi connectivity index (χ1v) is 12.0. The number of amides is 1. The van der Waals surface area contributed by atoms with Crippen LogP contribution >= 0.6 is 11.8 Å². The normalized spacial score (nSPS) is 16.4. The lowest BCUT2D eigenvalue weighted by molar-refractivity contribution is -0.124. The Bertz CT molecular complexity index is 951. The van der Waals surface area contributed by atoms with Gasteiger partial charge in [-0.1, -0.05) is 50.2 Å². The fourth-order valence-electron chi connectivity index (χ4n) is 3.63. The standard InChI is InChI=1S/C25H29F2N3OS/c1-16(2)14-21(24(31)30-25(15-28)12-13-25)29-22(23(26)27)19-6-4-17(5-7-19)18-8-10-20(32-3)11-9-18/h4-11,16,21-23,29H,12-14H2,1-3H3,(H,30,31)/t21-,22-/m0/s1. The van der Waals surface area contributed by atoms with Gasteiger partial charge in [-0.3, -0.25) is 10.1 Å². The van der Waals surface area contributed by atoms with E-state index in [0.717, 1.165) is 16.0 Å². The van der Waals surface area contributed by atoms with Crippen LogP contribution in [0.1, 0.15) is 44.7 Å². The minimum atomic E-state index is -2.69. The fraction of sp³-hybridized carbons (Fsp3) is 0.440. The molecule has 4 nitrogen and oxygen atoms in total. The number of nitrogens with zero attached hydrogens (tertiary/aromatic N) is 1. The predicted octanol–water partition coefficient (Wildman–Crippen LogP) is 5.56. The Hall–Kier alpha value is -2.43. The first kappa shape index (κ1) is 24.2. The van der Waals surface area contributed by atoms with Crippen molar-refractivity contribution >= 4 is 17.7 Å². The zero-order chi connectivity index (χ0) is 23.3. The van der Waals surface area contributed by atoms with Gasteiger partial charge in [0.25, 0.3) is 6.43 Å². The molecule has 0 radical (unpaired) electrons. The molecular weight excluding hydrogens is 428 g/mol. The molecule has 0 bridgehead atoms. The van der Waals surface area contributed by atoms with Crippen LogP contribution in [0.5, 0.6) is 0 Å². The van der Waals surface area contributed by atoms with Gasteiger partial charge >= 0.3 is 0 Å². The smallest absolute Gasteiger partial charge is 0.257 e. The quantitative estimate of drug-likeness (QED) is 0.459. The minimum Gasteiger partial charge on any atom is -0.336 e. The number of halogens is 2. The SMILES string of the molecule is CSc1ccc(-c2ccc([C@H](N[C@@H](CC(C)C)C(=O)NC3(C#N)CC3)C(F)F)cc2)cc1. The zero-order valence-electron chi connectivity index (χ0n) is 18.6. The monoisotopic (exact) mass is 457 g/mol. The number of hydrogen-bond donors (Lipinski definition) is 2. The van der Waals surface area contributed by atoms with Crippen molar-refractivity contribution < 1.29 is 13.6 Å². The Kier molecular flexibility index (Phi) is 7.91. The highest BCUT2D eigenvalue weighted by Gasteiger charge is 2.46. The van der Waals surface area contributed by atoms with Crippen LogP contribution in [0.2, 0.25) is 0 Å². The molecule has 2 atom stereocenters. The van der Waals surface area contributed by atoms with Crippen molar-refractivity contribution in [3.8, 4) is 17.2 Å². The van der Waals surface area contributed by atoms with E-state index in [4.69, 9.17) is 0 Å². The molecule has 1 aliphatic carbocycles. The van der Waals surface area contributed by atoms with E-state index in [1.165, 1.54) is 0 Å². The number of nitriles is 1. The predicted molar refractivity (Wildman–Crippen MR) is 125 cm³/mol. The van der Waals surface area contributed by atoms with Gasteiger partial charge in [0, 0.05) is 4.90 Å². The Labute approximate surface area is 192 Å². The summed E-state index contributed by atoms with van der Waals surface area (Å²) in [4.78, 5) is 14.0. The lowest BCUT2D eigenvalue weighted by Gasteiger charge is -2.27. The topological polar surface area (TPSA) is 64.9 Å². The van der Waals surface area contributed by atoms with Crippen LogP contribution in [0.15, 0.2) is 53.4 Å². The van der Waals surface area contributed by atoms with E-state index in [1.54, 1.807) is 23.9 Å². The highest BCUT2D eigenvalue weighted by molar-refractivity contribution is 7.98. The number of nitrogens with one attached hydrogen (secondary N) is 2. The summed E-state index contributed by atoms with van der Waals surface area (Å²) in [7, 11) is 0. The molecule has 2 N–H and O–H groups in total. The lowest BCUT2D eigenvalue weighted by Crippen LogP contribution is -2.51. The molecule has 32 heavy (non-hydrogen) atoms. The molecule has 1 fully saturated rings. The van der Waals surface area contributed by atoms with E-state index in [9.17, 15) is 18.8 Å².